The normalized spacial score (nSPS) is 10.3. The van der Waals surface area contributed by atoms with Crippen molar-refractivity contribution in [3.05, 3.63) is 18.0 Å². The van der Waals surface area contributed by atoms with Crippen LogP contribution in [0.15, 0.2) is 12.4 Å². The number of nitrogens with one attached hydrogen (secondary N) is 1. The lowest BCUT2D eigenvalue weighted by Crippen LogP contribution is -2.31. The molecule has 0 aromatic carbocycles. The maximum atomic E-state index is 10.8. The molecular formula is C11H19N5O2. The molecule has 0 aliphatic carbocycles. The average molecular weight is 253 g/mol. The minimum atomic E-state index is -0.411. The summed E-state index contributed by atoms with van der Waals surface area (Å²) in [5, 5.41) is 3.19. The SMILES string of the molecule is COCCNCc1cnc(N(C)CC(N)=O)nc1. The summed E-state index contributed by atoms with van der Waals surface area (Å²) in [7, 11) is 3.38. The van der Waals surface area contributed by atoms with E-state index in [0.29, 0.717) is 19.1 Å². The molecule has 0 spiro atoms. The van der Waals surface area contributed by atoms with Crippen LogP contribution in [0.2, 0.25) is 0 Å². The van der Waals surface area contributed by atoms with Gasteiger partial charge >= 0.3 is 0 Å². The van der Waals surface area contributed by atoms with Gasteiger partial charge in [-0.15, -0.1) is 0 Å². The third-order valence-electron chi connectivity index (χ3n) is 2.24. The zero-order chi connectivity index (χ0) is 13.4. The molecule has 1 amide bonds. The molecule has 0 unspecified atom stereocenters. The highest BCUT2D eigenvalue weighted by atomic mass is 16.5. The first-order chi connectivity index (χ1) is 8.63. The molecule has 1 aromatic rings. The monoisotopic (exact) mass is 253 g/mol. The predicted octanol–water partition coefficient (Wildman–Crippen LogP) is -0.866. The van der Waals surface area contributed by atoms with Crippen LogP contribution in [-0.2, 0) is 16.1 Å². The molecule has 0 saturated heterocycles. The van der Waals surface area contributed by atoms with Crippen LogP contribution in [0.3, 0.4) is 0 Å². The van der Waals surface area contributed by atoms with E-state index in [1.165, 1.54) is 0 Å². The zero-order valence-electron chi connectivity index (χ0n) is 10.7. The fourth-order valence-electron chi connectivity index (χ4n) is 1.35. The Hall–Kier alpha value is -1.73. The first kappa shape index (κ1) is 14.3. The van der Waals surface area contributed by atoms with Crippen molar-refractivity contribution in [2.75, 3.05) is 38.8 Å². The number of amides is 1. The van der Waals surface area contributed by atoms with Gasteiger partial charge in [0.2, 0.25) is 11.9 Å². The molecule has 0 aliphatic heterocycles. The molecular weight excluding hydrogens is 234 g/mol. The van der Waals surface area contributed by atoms with E-state index >= 15 is 0 Å². The lowest BCUT2D eigenvalue weighted by Gasteiger charge is -2.14. The van der Waals surface area contributed by atoms with Crippen molar-refractivity contribution in [2.24, 2.45) is 5.73 Å². The van der Waals surface area contributed by atoms with Crippen molar-refractivity contribution in [3.63, 3.8) is 0 Å². The Kier molecular flexibility index (Phi) is 6.03. The van der Waals surface area contributed by atoms with Gasteiger partial charge in [-0.1, -0.05) is 0 Å². The van der Waals surface area contributed by atoms with E-state index in [1.807, 2.05) is 0 Å². The summed E-state index contributed by atoms with van der Waals surface area (Å²) in [5.41, 5.74) is 6.07. The van der Waals surface area contributed by atoms with E-state index in [1.54, 1.807) is 31.5 Å². The average Bonchev–Trinajstić information content (AvgIpc) is 2.34. The Labute approximate surface area is 106 Å². The Morgan fingerprint density at radius 1 is 1.50 bits per heavy atom. The maximum Gasteiger partial charge on any atom is 0.237 e. The second-order valence-electron chi connectivity index (χ2n) is 3.88. The molecule has 0 aliphatic rings. The van der Waals surface area contributed by atoms with Crippen LogP contribution in [0.1, 0.15) is 5.56 Å². The zero-order valence-corrected chi connectivity index (χ0v) is 10.7. The van der Waals surface area contributed by atoms with E-state index in [4.69, 9.17) is 10.5 Å². The number of ether oxygens (including phenoxy) is 1. The van der Waals surface area contributed by atoms with Crippen molar-refractivity contribution in [1.82, 2.24) is 15.3 Å². The quantitative estimate of drug-likeness (QED) is 0.585. The molecule has 1 heterocycles. The summed E-state index contributed by atoms with van der Waals surface area (Å²) in [6.45, 7) is 2.23. The lowest BCUT2D eigenvalue weighted by molar-refractivity contribution is -0.116. The van der Waals surface area contributed by atoms with Gasteiger partial charge in [0.25, 0.3) is 0 Å². The largest absolute Gasteiger partial charge is 0.383 e. The number of rotatable bonds is 8. The number of likely N-dealkylation sites (N-methyl/N-ethyl adjacent to an activating group) is 1. The number of primary amides is 1. The second-order valence-corrected chi connectivity index (χ2v) is 3.88. The van der Waals surface area contributed by atoms with Crippen LogP contribution in [0, 0.1) is 0 Å². The number of aromatic nitrogens is 2. The third-order valence-corrected chi connectivity index (χ3v) is 2.24. The smallest absolute Gasteiger partial charge is 0.237 e. The summed E-state index contributed by atoms with van der Waals surface area (Å²) in [4.78, 5) is 20.7. The van der Waals surface area contributed by atoms with E-state index in [-0.39, 0.29) is 6.54 Å². The fraction of sp³-hybridized carbons (Fsp3) is 0.545. The number of hydrogen-bond donors (Lipinski definition) is 2. The Morgan fingerprint density at radius 3 is 2.72 bits per heavy atom. The molecule has 1 aromatic heterocycles. The predicted molar refractivity (Wildman–Crippen MR) is 68.1 cm³/mol. The molecule has 0 radical (unpaired) electrons. The van der Waals surface area contributed by atoms with E-state index < -0.39 is 5.91 Å². The molecule has 0 fully saturated rings. The van der Waals surface area contributed by atoms with Crippen LogP contribution in [-0.4, -0.2) is 49.7 Å². The first-order valence-corrected chi connectivity index (χ1v) is 5.63. The summed E-state index contributed by atoms with van der Waals surface area (Å²) in [6, 6.07) is 0. The van der Waals surface area contributed by atoms with Gasteiger partial charge in [-0.05, 0) is 0 Å². The number of anilines is 1. The third kappa shape index (κ3) is 5.07. The molecule has 0 bridgehead atoms. The van der Waals surface area contributed by atoms with Crippen molar-refractivity contribution in [1.29, 1.82) is 0 Å². The van der Waals surface area contributed by atoms with Gasteiger partial charge in [0, 0.05) is 45.2 Å². The number of hydrogen-bond acceptors (Lipinski definition) is 6. The van der Waals surface area contributed by atoms with Crippen LogP contribution in [0.4, 0.5) is 5.95 Å². The first-order valence-electron chi connectivity index (χ1n) is 5.63. The van der Waals surface area contributed by atoms with E-state index in [2.05, 4.69) is 15.3 Å². The Morgan fingerprint density at radius 2 is 2.17 bits per heavy atom. The number of methoxy groups -OCH3 is 1. The molecule has 7 heteroatoms. The van der Waals surface area contributed by atoms with Gasteiger partial charge in [0.1, 0.15) is 0 Å². The van der Waals surface area contributed by atoms with E-state index in [9.17, 15) is 4.79 Å². The van der Waals surface area contributed by atoms with Crippen LogP contribution in [0.25, 0.3) is 0 Å². The summed E-state index contributed by atoms with van der Waals surface area (Å²) >= 11 is 0. The van der Waals surface area contributed by atoms with Crippen LogP contribution >= 0.6 is 0 Å². The van der Waals surface area contributed by atoms with E-state index in [0.717, 1.165) is 12.1 Å². The molecule has 18 heavy (non-hydrogen) atoms. The number of nitrogens with zero attached hydrogens (tertiary/aromatic N) is 3. The van der Waals surface area contributed by atoms with Crippen molar-refractivity contribution in [2.45, 2.75) is 6.54 Å². The molecule has 100 valence electrons. The highest BCUT2D eigenvalue weighted by molar-refractivity contribution is 5.78. The lowest BCUT2D eigenvalue weighted by atomic mass is 10.3. The minimum absolute atomic E-state index is 0.103. The van der Waals surface area contributed by atoms with Gasteiger partial charge in [0.05, 0.1) is 13.2 Å². The van der Waals surface area contributed by atoms with Gasteiger partial charge in [-0.2, -0.15) is 0 Å². The minimum Gasteiger partial charge on any atom is -0.383 e. The summed E-state index contributed by atoms with van der Waals surface area (Å²) in [5.74, 6) is 0.0702. The summed E-state index contributed by atoms with van der Waals surface area (Å²) < 4.78 is 4.92. The van der Waals surface area contributed by atoms with Crippen molar-refractivity contribution >= 4 is 11.9 Å². The number of carbonyl (C=O) groups excluding carboxylic acids is 1. The van der Waals surface area contributed by atoms with Gasteiger partial charge < -0.3 is 20.7 Å². The topological polar surface area (TPSA) is 93.4 Å². The molecule has 1 rings (SSSR count). The van der Waals surface area contributed by atoms with Crippen molar-refractivity contribution in [3.8, 4) is 0 Å². The molecule has 0 atom stereocenters. The Balaban J connectivity index is 2.44. The van der Waals surface area contributed by atoms with Gasteiger partial charge in [0.15, 0.2) is 0 Å². The molecule has 3 N–H and O–H groups in total. The maximum absolute atomic E-state index is 10.8. The van der Waals surface area contributed by atoms with Crippen LogP contribution in [0.5, 0.6) is 0 Å². The number of nitrogens with two attached hydrogens (primary N) is 1. The highest BCUT2D eigenvalue weighted by Gasteiger charge is 2.06. The van der Waals surface area contributed by atoms with Gasteiger partial charge in [-0.25, -0.2) is 9.97 Å². The van der Waals surface area contributed by atoms with Crippen LogP contribution < -0.4 is 16.0 Å². The van der Waals surface area contributed by atoms with Crippen molar-refractivity contribution < 1.29 is 9.53 Å². The standard InChI is InChI=1S/C11H19N5O2/c1-16(8-10(12)17)11-14-6-9(7-15-11)5-13-3-4-18-2/h6-7,13H,3-5,8H2,1-2H3,(H2,12,17). The van der Waals surface area contributed by atoms with Gasteiger partial charge in [-0.3, -0.25) is 4.79 Å². The summed E-state index contributed by atoms with van der Waals surface area (Å²) in [6.07, 6.45) is 3.44. The second kappa shape index (κ2) is 7.57. The Bertz CT molecular complexity index is 368. The fourth-order valence-corrected chi connectivity index (χ4v) is 1.35. The molecule has 7 nitrogen and oxygen atoms in total. The number of carbonyl (C=O) groups is 1. The molecule has 0 saturated carbocycles. The highest BCUT2D eigenvalue weighted by Crippen LogP contribution is 2.04.